The number of methoxy groups -OCH3 is 1. The van der Waals surface area contributed by atoms with Crippen molar-refractivity contribution in [1.29, 1.82) is 0 Å². The van der Waals surface area contributed by atoms with Crippen molar-refractivity contribution in [3.8, 4) is 11.5 Å². The summed E-state index contributed by atoms with van der Waals surface area (Å²) in [6.07, 6.45) is 1.50. The molecule has 6 nitrogen and oxygen atoms in total. The number of carbonyl (C=O) groups excluding carboxylic acids is 2. The first-order chi connectivity index (χ1) is 16.2. The number of benzene rings is 3. The molecule has 0 amide bonds. The monoisotopic (exact) mass is 535 g/mol. The van der Waals surface area contributed by atoms with Crippen LogP contribution in [-0.2, 0) is 9.53 Å². The van der Waals surface area contributed by atoms with Gasteiger partial charge in [0.2, 0.25) is 5.90 Å². The highest BCUT2D eigenvalue weighted by Gasteiger charge is 2.26. The van der Waals surface area contributed by atoms with Crippen molar-refractivity contribution in [2.45, 2.75) is 0 Å². The van der Waals surface area contributed by atoms with Gasteiger partial charge in [0.05, 0.1) is 28.3 Å². The summed E-state index contributed by atoms with van der Waals surface area (Å²) in [7, 11) is 1.42. The van der Waals surface area contributed by atoms with Gasteiger partial charge < -0.3 is 14.2 Å². The summed E-state index contributed by atoms with van der Waals surface area (Å²) < 4.78 is 16.0. The third-order valence-corrected chi connectivity index (χ3v) is 5.72. The van der Waals surface area contributed by atoms with E-state index in [0.29, 0.717) is 26.2 Å². The lowest BCUT2D eigenvalue weighted by molar-refractivity contribution is -0.129. The van der Waals surface area contributed by atoms with Gasteiger partial charge in [-0.05, 0) is 60.2 Å². The van der Waals surface area contributed by atoms with Gasteiger partial charge >= 0.3 is 11.9 Å². The maximum Gasteiger partial charge on any atom is 0.363 e. The zero-order chi connectivity index (χ0) is 24.4. The van der Waals surface area contributed by atoms with Crippen LogP contribution in [0.25, 0.3) is 6.08 Å². The molecule has 34 heavy (non-hydrogen) atoms. The molecular weight excluding hydrogens is 524 g/mol. The fraction of sp³-hybridized carbons (Fsp3) is 0.0417. The van der Waals surface area contributed by atoms with E-state index >= 15 is 0 Å². The van der Waals surface area contributed by atoms with Crippen molar-refractivity contribution in [1.82, 2.24) is 0 Å². The molecule has 0 radical (unpaired) electrons. The molecule has 172 valence electrons. The van der Waals surface area contributed by atoms with Gasteiger partial charge in [-0.15, -0.1) is 0 Å². The molecule has 1 aliphatic heterocycles. The SMILES string of the molecule is COc1cc(/C=C2\N=C(c3ccc(Cl)cc3Cl)OC2=O)ccc1OC(=O)c1ccc(Cl)cc1Cl. The van der Waals surface area contributed by atoms with Gasteiger partial charge in [-0.1, -0.05) is 52.5 Å². The number of cyclic esters (lactones) is 1. The fourth-order valence-corrected chi connectivity index (χ4v) is 3.99. The van der Waals surface area contributed by atoms with Crippen LogP contribution in [0.2, 0.25) is 20.1 Å². The maximum atomic E-state index is 12.5. The van der Waals surface area contributed by atoms with Crippen LogP contribution >= 0.6 is 46.4 Å². The maximum absolute atomic E-state index is 12.5. The summed E-state index contributed by atoms with van der Waals surface area (Å²) in [6, 6.07) is 13.9. The van der Waals surface area contributed by atoms with Crippen LogP contribution < -0.4 is 9.47 Å². The second kappa shape index (κ2) is 10.1. The van der Waals surface area contributed by atoms with Crippen LogP contribution in [0.5, 0.6) is 11.5 Å². The molecular formula is C24H13Cl4NO5. The Bertz CT molecular complexity index is 1380. The van der Waals surface area contributed by atoms with Crippen molar-refractivity contribution < 1.29 is 23.8 Å². The van der Waals surface area contributed by atoms with E-state index in [4.69, 9.17) is 60.6 Å². The average molecular weight is 537 g/mol. The first-order valence-corrected chi connectivity index (χ1v) is 11.1. The van der Waals surface area contributed by atoms with Crippen LogP contribution in [0.3, 0.4) is 0 Å². The lowest BCUT2D eigenvalue weighted by Crippen LogP contribution is -2.10. The first kappa shape index (κ1) is 24.1. The molecule has 0 aromatic heterocycles. The quantitative estimate of drug-likeness (QED) is 0.202. The number of hydrogen-bond donors (Lipinski definition) is 0. The van der Waals surface area contributed by atoms with Crippen molar-refractivity contribution in [2.75, 3.05) is 7.11 Å². The summed E-state index contributed by atoms with van der Waals surface area (Å²) in [4.78, 5) is 29.1. The number of ether oxygens (including phenoxy) is 3. The number of esters is 2. The number of carbonyl (C=O) groups is 2. The molecule has 0 saturated heterocycles. The Morgan fingerprint density at radius 1 is 0.912 bits per heavy atom. The summed E-state index contributed by atoms with van der Waals surface area (Å²) in [5.74, 6) is -0.849. The van der Waals surface area contributed by atoms with Crippen molar-refractivity contribution in [3.63, 3.8) is 0 Å². The van der Waals surface area contributed by atoms with Gasteiger partial charge in [0, 0.05) is 10.0 Å². The van der Waals surface area contributed by atoms with Crippen LogP contribution in [0, 0.1) is 0 Å². The minimum absolute atomic E-state index is 0.0563. The van der Waals surface area contributed by atoms with Gasteiger partial charge in [-0.3, -0.25) is 0 Å². The van der Waals surface area contributed by atoms with Crippen LogP contribution in [0.1, 0.15) is 21.5 Å². The average Bonchev–Trinajstić information content (AvgIpc) is 3.14. The predicted molar refractivity (Wildman–Crippen MR) is 131 cm³/mol. The Kier molecular flexibility index (Phi) is 7.14. The smallest absolute Gasteiger partial charge is 0.363 e. The molecule has 0 aliphatic carbocycles. The zero-order valence-corrected chi connectivity index (χ0v) is 20.3. The highest BCUT2D eigenvalue weighted by Crippen LogP contribution is 2.32. The topological polar surface area (TPSA) is 74.2 Å². The van der Waals surface area contributed by atoms with Crippen molar-refractivity contribution in [2.24, 2.45) is 4.99 Å². The highest BCUT2D eigenvalue weighted by molar-refractivity contribution is 6.37. The molecule has 0 bridgehead atoms. The summed E-state index contributed by atoms with van der Waals surface area (Å²) in [5.41, 5.74) is 1.19. The van der Waals surface area contributed by atoms with Crippen molar-refractivity contribution >= 4 is 70.3 Å². The minimum Gasteiger partial charge on any atom is -0.493 e. The number of rotatable bonds is 5. The fourth-order valence-electron chi connectivity index (χ4n) is 3.01. The second-order valence-corrected chi connectivity index (χ2v) is 8.57. The molecule has 3 aromatic rings. The molecule has 0 saturated carbocycles. The highest BCUT2D eigenvalue weighted by atomic mass is 35.5. The molecule has 0 atom stereocenters. The van der Waals surface area contributed by atoms with Crippen LogP contribution in [0.15, 0.2) is 65.3 Å². The summed E-state index contributed by atoms with van der Waals surface area (Å²) >= 11 is 24.0. The zero-order valence-electron chi connectivity index (χ0n) is 17.3. The van der Waals surface area contributed by atoms with E-state index in [1.165, 1.54) is 43.5 Å². The molecule has 0 N–H and O–H groups in total. The molecule has 0 fully saturated rings. The molecule has 1 aliphatic rings. The Morgan fingerprint density at radius 3 is 2.29 bits per heavy atom. The molecule has 10 heteroatoms. The van der Waals surface area contributed by atoms with Gasteiger partial charge in [0.25, 0.3) is 0 Å². The number of halogens is 4. The van der Waals surface area contributed by atoms with E-state index in [1.54, 1.807) is 24.3 Å². The molecule has 3 aromatic carbocycles. The molecule has 0 spiro atoms. The summed E-state index contributed by atoms with van der Waals surface area (Å²) in [6.45, 7) is 0. The predicted octanol–water partition coefficient (Wildman–Crippen LogP) is 6.87. The molecule has 4 rings (SSSR count). The first-order valence-electron chi connectivity index (χ1n) is 9.58. The van der Waals surface area contributed by atoms with Gasteiger partial charge in [0.1, 0.15) is 0 Å². The largest absolute Gasteiger partial charge is 0.493 e. The van der Waals surface area contributed by atoms with E-state index in [9.17, 15) is 9.59 Å². The van der Waals surface area contributed by atoms with Crippen LogP contribution in [0.4, 0.5) is 0 Å². The van der Waals surface area contributed by atoms with Gasteiger partial charge in [0.15, 0.2) is 17.2 Å². The number of hydrogen-bond acceptors (Lipinski definition) is 6. The van der Waals surface area contributed by atoms with Gasteiger partial charge in [-0.25, -0.2) is 14.6 Å². The lowest BCUT2D eigenvalue weighted by Gasteiger charge is -2.11. The Hall–Kier alpha value is -3.03. The van der Waals surface area contributed by atoms with E-state index < -0.39 is 11.9 Å². The second-order valence-electron chi connectivity index (χ2n) is 6.88. The summed E-state index contributed by atoms with van der Waals surface area (Å²) in [5, 5.41) is 1.30. The van der Waals surface area contributed by atoms with Gasteiger partial charge in [-0.2, -0.15) is 0 Å². The Morgan fingerprint density at radius 2 is 1.62 bits per heavy atom. The van der Waals surface area contributed by atoms with E-state index in [2.05, 4.69) is 4.99 Å². The van der Waals surface area contributed by atoms with E-state index in [-0.39, 0.29) is 33.7 Å². The van der Waals surface area contributed by atoms with E-state index in [1.807, 2.05) is 0 Å². The third-order valence-electron chi connectivity index (χ3n) is 4.63. The van der Waals surface area contributed by atoms with Crippen LogP contribution in [-0.4, -0.2) is 24.9 Å². The van der Waals surface area contributed by atoms with Crippen molar-refractivity contribution in [3.05, 3.63) is 97.1 Å². The number of aliphatic imine (C=N–C) groups is 1. The normalized spacial score (nSPS) is 14.1. The number of nitrogens with zero attached hydrogens (tertiary/aromatic N) is 1. The standard InChI is InChI=1S/C24H13Cl4NO5/c1-32-21-9-12(2-7-20(21)33-23(30)16-6-4-14(26)11-18(16)28)8-19-24(31)34-22(29-19)15-5-3-13(25)10-17(15)27/h2-11H,1H3/b19-8-. The minimum atomic E-state index is -0.681. The molecule has 0 unspecified atom stereocenters. The molecule has 1 heterocycles. The Labute approximate surface area is 214 Å². The Balaban J connectivity index is 1.59. The third kappa shape index (κ3) is 5.21. The lowest BCUT2D eigenvalue weighted by atomic mass is 10.1. The van der Waals surface area contributed by atoms with E-state index in [0.717, 1.165) is 0 Å².